The van der Waals surface area contributed by atoms with E-state index in [1.807, 2.05) is 0 Å². The lowest BCUT2D eigenvalue weighted by atomic mass is 9.82. The van der Waals surface area contributed by atoms with Gasteiger partial charge in [-0.2, -0.15) is 0 Å². The Morgan fingerprint density at radius 3 is 2.19 bits per heavy atom. The molecule has 1 aromatic carbocycles. The molecular formula is C14H20F3NO3. The van der Waals surface area contributed by atoms with Crippen LogP contribution in [0.15, 0.2) is 18.2 Å². The van der Waals surface area contributed by atoms with Crippen LogP contribution in [-0.2, 0) is 0 Å². The molecule has 120 valence electrons. The van der Waals surface area contributed by atoms with E-state index in [1.165, 1.54) is 13.2 Å². The highest BCUT2D eigenvalue weighted by Crippen LogP contribution is 2.36. The molecule has 2 atom stereocenters. The van der Waals surface area contributed by atoms with Gasteiger partial charge in [-0.25, -0.2) is 0 Å². The third kappa shape index (κ3) is 4.78. The maximum Gasteiger partial charge on any atom is 0.573 e. The maximum atomic E-state index is 12.3. The Bertz CT molecular complexity index is 483. The molecule has 21 heavy (non-hydrogen) atoms. The molecule has 0 aromatic heterocycles. The van der Waals surface area contributed by atoms with Gasteiger partial charge in [0.05, 0.1) is 19.3 Å². The van der Waals surface area contributed by atoms with E-state index in [-0.39, 0.29) is 5.56 Å². The first-order valence-electron chi connectivity index (χ1n) is 6.33. The van der Waals surface area contributed by atoms with Crippen LogP contribution in [0.4, 0.5) is 13.2 Å². The van der Waals surface area contributed by atoms with Gasteiger partial charge in [-0.1, -0.05) is 20.8 Å². The summed E-state index contributed by atoms with van der Waals surface area (Å²) in [5, 5.41) is 10.2. The Morgan fingerprint density at radius 2 is 1.76 bits per heavy atom. The summed E-state index contributed by atoms with van der Waals surface area (Å²) in [6.45, 7) is 5.33. The Morgan fingerprint density at radius 1 is 1.19 bits per heavy atom. The van der Waals surface area contributed by atoms with Crippen LogP contribution in [0.25, 0.3) is 0 Å². The molecule has 0 saturated carbocycles. The fraction of sp³-hybridized carbons (Fsp3) is 0.571. The van der Waals surface area contributed by atoms with E-state index in [2.05, 4.69) is 4.74 Å². The first-order chi connectivity index (χ1) is 9.45. The minimum Gasteiger partial charge on any atom is -0.496 e. The first-order valence-corrected chi connectivity index (χ1v) is 6.33. The van der Waals surface area contributed by atoms with Crippen molar-refractivity contribution in [3.63, 3.8) is 0 Å². The molecule has 1 rings (SSSR count). The van der Waals surface area contributed by atoms with Gasteiger partial charge in [-0.3, -0.25) is 0 Å². The predicted molar refractivity (Wildman–Crippen MR) is 72.1 cm³/mol. The van der Waals surface area contributed by atoms with Crippen LogP contribution in [0, 0.1) is 5.41 Å². The highest BCUT2D eigenvalue weighted by Gasteiger charge is 2.33. The van der Waals surface area contributed by atoms with Gasteiger partial charge in [0.25, 0.3) is 0 Å². The van der Waals surface area contributed by atoms with Gasteiger partial charge in [0.1, 0.15) is 11.5 Å². The highest BCUT2D eigenvalue weighted by molar-refractivity contribution is 5.42. The monoisotopic (exact) mass is 307 g/mol. The summed E-state index contributed by atoms with van der Waals surface area (Å²) in [5.74, 6) is -0.116. The van der Waals surface area contributed by atoms with Crippen molar-refractivity contribution in [3.8, 4) is 11.5 Å². The van der Waals surface area contributed by atoms with Crippen molar-refractivity contribution in [2.45, 2.75) is 39.3 Å². The van der Waals surface area contributed by atoms with Crippen molar-refractivity contribution in [1.82, 2.24) is 0 Å². The SMILES string of the molecule is COc1ccc(OC(F)(F)F)cc1[C@H](N)[C@H](O)C(C)(C)C. The van der Waals surface area contributed by atoms with Crippen molar-refractivity contribution in [2.24, 2.45) is 11.1 Å². The number of halogens is 3. The van der Waals surface area contributed by atoms with Crippen LogP contribution in [0.3, 0.4) is 0 Å². The van der Waals surface area contributed by atoms with Crippen molar-refractivity contribution >= 4 is 0 Å². The third-order valence-electron chi connectivity index (χ3n) is 3.02. The molecule has 0 aliphatic rings. The van der Waals surface area contributed by atoms with Gasteiger partial charge in [0, 0.05) is 5.56 Å². The average Bonchev–Trinajstić information content (AvgIpc) is 2.34. The summed E-state index contributed by atoms with van der Waals surface area (Å²) in [5.41, 5.74) is 5.68. The van der Waals surface area contributed by atoms with Crippen molar-refractivity contribution in [1.29, 1.82) is 0 Å². The lowest BCUT2D eigenvalue weighted by Gasteiger charge is -2.31. The summed E-state index contributed by atoms with van der Waals surface area (Å²) in [4.78, 5) is 0. The molecule has 0 aliphatic carbocycles. The number of hydrogen-bond acceptors (Lipinski definition) is 4. The molecule has 0 heterocycles. The van der Waals surface area contributed by atoms with Crippen LogP contribution < -0.4 is 15.2 Å². The largest absolute Gasteiger partial charge is 0.573 e. The van der Waals surface area contributed by atoms with Crippen LogP contribution >= 0.6 is 0 Å². The molecule has 0 saturated heterocycles. The number of alkyl halides is 3. The number of ether oxygens (including phenoxy) is 2. The van der Waals surface area contributed by atoms with E-state index < -0.39 is 29.7 Å². The molecule has 4 nitrogen and oxygen atoms in total. The van der Waals surface area contributed by atoms with E-state index >= 15 is 0 Å². The minimum atomic E-state index is -4.79. The molecule has 0 aliphatic heterocycles. The van der Waals surface area contributed by atoms with Gasteiger partial charge in [0.15, 0.2) is 0 Å². The normalized spacial score (nSPS) is 15.5. The quantitative estimate of drug-likeness (QED) is 0.897. The lowest BCUT2D eigenvalue weighted by Crippen LogP contribution is -2.37. The molecule has 0 fully saturated rings. The Labute approximate surface area is 121 Å². The number of aliphatic hydroxyl groups excluding tert-OH is 1. The smallest absolute Gasteiger partial charge is 0.496 e. The highest BCUT2D eigenvalue weighted by atomic mass is 19.4. The number of nitrogens with two attached hydrogens (primary N) is 1. The zero-order valence-corrected chi connectivity index (χ0v) is 12.4. The molecule has 0 bridgehead atoms. The van der Waals surface area contributed by atoms with Crippen molar-refractivity contribution in [2.75, 3.05) is 7.11 Å². The zero-order chi connectivity index (χ0) is 16.4. The summed E-state index contributed by atoms with van der Waals surface area (Å²) >= 11 is 0. The Hall–Kier alpha value is -1.47. The van der Waals surface area contributed by atoms with Gasteiger partial charge < -0.3 is 20.3 Å². The van der Waals surface area contributed by atoms with Crippen molar-refractivity contribution < 1.29 is 27.8 Å². The third-order valence-corrected chi connectivity index (χ3v) is 3.02. The first kappa shape index (κ1) is 17.6. The minimum absolute atomic E-state index is 0.252. The lowest BCUT2D eigenvalue weighted by molar-refractivity contribution is -0.274. The van der Waals surface area contributed by atoms with E-state index in [4.69, 9.17) is 10.5 Å². The summed E-state index contributed by atoms with van der Waals surface area (Å²) in [7, 11) is 1.37. The topological polar surface area (TPSA) is 64.7 Å². The number of rotatable bonds is 4. The fourth-order valence-corrected chi connectivity index (χ4v) is 1.88. The van der Waals surface area contributed by atoms with Gasteiger partial charge in [-0.05, 0) is 23.6 Å². The second kappa shape index (κ2) is 6.11. The van der Waals surface area contributed by atoms with Gasteiger partial charge in [0.2, 0.25) is 0 Å². The van der Waals surface area contributed by atoms with E-state index in [0.29, 0.717) is 5.75 Å². The number of aliphatic hydroxyl groups is 1. The average molecular weight is 307 g/mol. The van der Waals surface area contributed by atoms with Crippen LogP contribution in [0.1, 0.15) is 32.4 Å². The van der Waals surface area contributed by atoms with E-state index in [9.17, 15) is 18.3 Å². The molecule has 0 amide bonds. The molecule has 7 heteroatoms. The predicted octanol–water partition coefficient (Wildman–Crippen LogP) is 3.00. The van der Waals surface area contributed by atoms with E-state index in [0.717, 1.165) is 12.1 Å². The number of hydrogen-bond donors (Lipinski definition) is 2. The van der Waals surface area contributed by atoms with Crippen LogP contribution in [0.2, 0.25) is 0 Å². The molecular weight excluding hydrogens is 287 g/mol. The maximum absolute atomic E-state index is 12.3. The van der Waals surface area contributed by atoms with Crippen LogP contribution in [-0.4, -0.2) is 24.7 Å². The zero-order valence-electron chi connectivity index (χ0n) is 12.4. The molecule has 3 N–H and O–H groups in total. The fourth-order valence-electron chi connectivity index (χ4n) is 1.88. The van der Waals surface area contributed by atoms with E-state index in [1.54, 1.807) is 20.8 Å². The molecule has 0 unspecified atom stereocenters. The van der Waals surface area contributed by atoms with Gasteiger partial charge >= 0.3 is 6.36 Å². The summed E-state index contributed by atoms with van der Waals surface area (Å²) in [6.07, 6.45) is -5.76. The standard InChI is InChI=1S/C14H20F3NO3/c1-13(2,3)12(19)11(18)9-7-8(21-14(15,16)17)5-6-10(9)20-4/h5-7,11-12,19H,18H2,1-4H3/t11-,12-/m0/s1. The Balaban J connectivity index is 3.17. The number of methoxy groups -OCH3 is 1. The number of benzene rings is 1. The molecule has 1 aromatic rings. The Kier molecular flexibility index (Phi) is 5.11. The molecule has 0 radical (unpaired) electrons. The summed E-state index contributed by atoms with van der Waals surface area (Å²) in [6, 6.07) is 2.68. The summed E-state index contributed by atoms with van der Waals surface area (Å²) < 4.78 is 45.8. The van der Waals surface area contributed by atoms with Crippen LogP contribution in [0.5, 0.6) is 11.5 Å². The second-order valence-corrected chi connectivity index (χ2v) is 5.79. The molecule has 0 spiro atoms. The van der Waals surface area contributed by atoms with Crippen molar-refractivity contribution in [3.05, 3.63) is 23.8 Å². The van der Waals surface area contributed by atoms with Gasteiger partial charge in [-0.15, -0.1) is 13.2 Å². The second-order valence-electron chi connectivity index (χ2n) is 5.79.